The van der Waals surface area contributed by atoms with Gasteiger partial charge in [0.25, 0.3) is 0 Å². The Bertz CT molecular complexity index is 1320. The lowest BCUT2D eigenvalue weighted by atomic mass is 10.0. The topological polar surface area (TPSA) is 108 Å². The molecular weight excluding hydrogens is 990 g/mol. The molecule has 464 valence electrons. The number of allylic oxidation sites excluding steroid dienone is 2. The van der Waals surface area contributed by atoms with Crippen LogP contribution < -0.4 is 0 Å². The van der Waals surface area contributed by atoms with Gasteiger partial charge in [-0.05, 0) is 38.5 Å². The molecule has 0 aliphatic carbocycles. The van der Waals surface area contributed by atoms with E-state index in [1.807, 2.05) is 21.1 Å². The fourth-order valence-corrected chi connectivity index (χ4v) is 11.2. The molecule has 0 aromatic carbocycles. The number of unbranched alkanes of at least 4 members (excludes halogenated alkanes) is 49. The van der Waals surface area contributed by atoms with Crippen LogP contribution >= 0.6 is 7.82 Å². The second-order valence-corrected chi connectivity index (χ2v) is 26.4. The Balaban J connectivity index is 4.00. The maximum absolute atomic E-state index is 12.9. The van der Waals surface area contributed by atoms with Crippen molar-refractivity contribution in [1.29, 1.82) is 0 Å². The Kier molecular flexibility index (Phi) is 59.4. The molecule has 9 nitrogen and oxygen atoms in total. The Morgan fingerprint density at radius 3 is 0.949 bits per heavy atom. The van der Waals surface area contributed by atoms with E-state index in [0.29, 0.717) is 23.9 Å². The predicted octanol–water partition coefficient (Wildman–Crippen LogP) is 21.9. The van der Waals surface area contributed by atoms with Crippen LogP contribution in [0.5, 0.6) is 0 Å². The Morgan fingerprint density at radius 2 is 0.654 bits per heavy atom. The molecule has 0 aliphatic rings. The van der Waals surface area contributed by atoms with Gasteiger partial charge < -0.3 is 18.9 Å². The predicted molar refractivity (Wildman–Crippen MR) is 335 cm³/mol. The Labute approximate surface area is 486 Å². The number of carbonyl (C=O) groups excluding carboxylic acids is 2. The van der Waals surface area contributed by atoms with Crippen LogP contribution in [0.2, 0.25) is 0 Å². The zero-order valence-electron chi connectivity index (χ0n) is 52.9. The fourth-order valence-electron chi connectivity index (χ4n) is 10.5. The van der Waals surface area contributed by atoms with Crippen molar-refractivity contribution in [1.82, 2.24) is 0 Å². The number of nitrogens with zero attached hydrogens (tertiary/aromatic N) is 1. The van der Waals surface area contributed by atoms with Gasteiger partial charge in [-0.25, -0.2) is 4.57 Å². The third kappa shape index (κ3) is 63.9. The first-order valence-corrected chi connectivity index (χ1v) is 35.9. The summed E-state index contributed by atoms with van der Waals surface area (Å²) in [6, 6.07) is 0. The van der Waals surface area contributed by atoms with Crippen molar-refractivity contribution in [3.05, 3.63) is 12.2 Å². The summed E-state index contributed by atoms with van der Waals surface area (Å²) in [5.41, 5.74) is 0. The van der Waals surface area contributed by atoms with Crippen molar-refractivity contribution in [2.45, 2.75) is 367 Å². The largest absolute Gasteiger partial charge is 0.472 e. The summed E-state index contributed by atoms with van der Waals surface area (Å²) < 4.78 is 34.7. The number of carbonyl (C=O) groups is 2. The normalized spacial score (nSPS) is 13.2. The van der Waals surface area contributed by atoms with E-state index in [2.05, 4.69) is 26.0 Å². The van der Waals surface area contributed by atoms with E-state index in [1.54, 1.807) is 0 Å². The van der Waals surface area contributed by atoms with E-state index in [0.717, 1.165) is 32.1 Å². The number of quaternary nitrogens is 1. The van der Waals surface area contributed by atoms with Crippen molar-refractivity contribution in [3.8, 4) is 0 Å². The molecule has 0 aromatic heterocycles. The molecule has 0 saturated heterocycles. The molecule has 0 saturated carbocycles. The third-order valence-corrected chi connectivity index (χ3v) is 16.8. The lowest BCUT2D eigenvalue weighted by Gasteiger charge is -2.24. The van der Waals surface area contributed by atoms with Gasteiger partial charge in [0.15, 0.2) is 6.10 Å². The maximum atomic E-state index is 12.9. The van der Waals surface area contributed by atoms with Crippen molar-refractivity contribution >= 4 is 19.8 Å². The molecule has 0 aromatic rings. The van der Waals surface area contributed by atoms with E-state index in [9.17, 15) is 19.0 Å². The molecule has 0 aliphatic heterocycles. The second kappa shape index (κ2) is 60.3. The van der Waals surface area contributed by atoms with Gasteiger partial charge in [-0.3, -0.25) is 18.6 Å². The SMILES string of the molecule is CCCCCCCCCC/C=C\CCCCCCCCCCCCCCCCCC(=O)OC(COC(=O)CCCCCCCCCCCCCCCCCCCCCCCCCCCCC)COP(=O)(O)OCC[N+](C)(C)C. The van der Waals surface area contributed by atoms with Crippen LogP contribution in [-0.4, -0.2) is 74.9 Å². The maximum Gasteiger partial charge on any atom is 0.472 e. The first kappa shape index (κ1) is 76.8. The second-order valence-electron chi connectivity index (χ2n) is 24.9. The molecule has 0 amide bonds. The number of phosphoric acid groups is 1. The highest BCUT2D eigenvalue weighted by atomic mass is 31.2. The van der Waals surface area contributed by atoms with E-state index >= 15 is 0 Å². The summed E-state index contributed by atoms with van der Waals surface area (Å²) in [7, 11) is 1.50. The number of phosphoric ester groups is 1. The van der Waals surface area contributed by atoms with Crippen LogP contribution in [0.3, 0.4) is 0 Å². The van der Waals surface area contributed by atoms with Gasteiger partial charge in [-0.2, -0.15) is 0 Å². The van der Waals surface area contributed by atoms with Crippen LogP contribution in [0.1, 0.15) is 361 Å². The van der Waals surface area contributed by atoms with Crippen LogP contribution in [0.25, 0.3) is 0 Å². The van der Waals surface area contributed by atoms with Gasteiger partial charge in [0.1, 0.15) is 19.8 Å². The van der Waals surface area contributed by atoms with Crippen molar-refractivity contribution in [2.75, 3.05) is 47.5 Å². The van der Waals surface area contributed by atoms with E-state index in [1.165, 1.54) is 295 Å². The van der Waals surface area contributed by atoms with Gasteiger partial charge in [0.2, 0.25) is 0 Å². The van der Waals surface area contributed by atoms with E-state index < -0.39 is 26.5 Å². The Morgan fingerprint density at radius 1 is 0.385 bits per heavy atom. The third-order valence-electron chi connectivity index (χ3n) is 15.8. The molecule has 0 fully saturated rings. The minimum atomic E-state index is -4.38. The molecule has 0 spiro atoms. The van der Waals surface area contributed by atoms with Crippen LogP contribution in [-0.2, 0) is 32.7 Å². The van der Waals surface area contributed by atoms with Crippen LogP contribution in [0, 0.1) is 0 Å². The molecule has 2 atom stereocenters. The molecule has 10 heteroatoms. The summed E-state index contributed by atoms with van der Waals surface area (Å²) >= 11 is 0. The number of likely N-dealkylation sites (N-methyl/N-ethyl adjacent to an activating group) is 1. The van der Waals surface area contributed by atoms with Gasteiger partial charge >= 0.3 is 19.8 Å². The summed E-state index contributed by atoms with van der Waals surface area (Å²) in [4.78, 5) is 35.8. The van der Waals surface area contributed by atoms with Crippen molar-refractivity contribution in [2.24, 2.45) is 0 Å². The first-order chi connectivity index (χ1) is 38.0. The summed E-state index contributed by atoms with van der Waals surface area (Å²) in [5.74, 6) is -0.772. The minimum Gasteiger partial charge on any atom is -0.462 e. The zero-order valence-corrected chi connectivity index (χ0v) is 53.8. The van der Waals surface area contributed by atoms with Gasteiger partial charge in [0, 0.05) is 12.8 Å². The monoisotopic (exact) mass is 1120 g/mol. The molecule has 0 heterocycles. The highest BCUT2D eigenvalue weighted by Gasteiger charge is 2.27. The summed E-state index contributed by atoms with van der Waals surface area (Å²) in [5, 5.41) is 0. The zero-order chi connectivity index (χ0) is 57.0. The average Bonchev–Trinajstić information content (AvgIpc) is 3.41. The number of hydrogen-bond acceptors (Lipinski definition) is 7. The number of rotatable bonds is 65. The lowest BCUT2D eigenvalue weighted by molar-refractivity contribution is -0.870. The molecule has 78 heavy (non-hydrogen) atoms. The van der Waals surface area contributed by atoms with Crippen LogP contribution in [0.15, 0.2) is 12.2 Å². The van der Waals surface area contributed by atoms with Gasteiger partial charge in [-0.1, -0.05) is 321 Å². The number of esters is 2. The lowest BCUT2D eigenvalue weighted by Crippen LogP contribution is -2.37. The molecule has 0 radical (unpaired) electrons. The highest BCUT2D eigenvalue weighted by Crippen LogP contribution is 2.43. The Hall–Kier alpha value is -1.25. The van der Waals surface area contributed by atoms with Crippen LogP contribution in [0.4, 0.5) is 0 Å². The van der Waals surface area contributed by atoms with Gasteiger partial charge in [-0.15, -0.1) is 0 Å². The average molecular weight is 1130 g/mol. The molecule has 0 rings (SSSR count). The van der Waals surface area contributed by atoms with E-state index in [-0.39, 0.29) is 25.6 Å². The fraction of sp³-hybridized carbons (Fsp3) is 0.941. The molecule has 2 unspecified atom stereocenters. The number of ether oxygens (including phenoxy) is 2. The molecule has 1 N–H and O–H groups in total. The minimum absolute atomic E-state index is 0.0363. The summed E-state index contributed by atoms with van der Waals surface area (Å²) in [6.45, 7) is 4.52. The van der Waals surface area contributed by atoms with Crippen molar-refractivity contribution in [3.63, 3.8) is 0 Å². The molecular formula is C68H135NO8P+. The quantitative estimate of drug-likeness (QED) is 0.0211. The highest BCUT2D eigenvalue weighted by molar-refractivity contribution is 7.47. The van der Waals surface area contributed by atoms with Crippen molar-refractivity contribution < 1.29 is 42.1 Å². The smallest absolute Gasteiger partial charge is 0.462 e. The van der Waals surface area contributed by atoms with E-state index in [4.69, 9.17) is 18.5 Å². The first-order valence-electron chi connectivity index (χ1n) is 34.4. The standard InChI is InChI=1S/C68H134NO8P/c1-6-8-10-12-14-16-18-20-22-24-26-28-30-32-34-36-38-40-42-44-46-48-50-52-54-56-58-60-67(70)74-64-66(65-76-78(72,73)75-63-62-69(3,4)5)77-68(71)61-59-57-55-53-51-49-47-45-43-41-39-37-35-33-31-29-27-25-23-21-19-17-15-13-11-9-7-2/h25,27,66H,6-24,26,28-65H2,1-5H3/p+1/b27-25-. The number of hydrogen-bond donors (Lipinski definition) is 1. The summed E-state index contributed by atoms with van der Waals surface area (Å²) in [6.07, 6.45) is 73.2. The molecule has 0 bridgehead atoms. The van der Waals surface area contributed by atoms with Gasteiger partial charge in [0.05, 0.1) is 27.7 Å².